The van der Waals surface area contributed by atoms with E-state index in [-0.39, 0.29) is 30.4 Å². The van der Waals surface area contributed by atoms with Gasteiger partial charge in [0.05, 0.1) is 18.4 Å². The average molecular weight is 475 g/mol. The molecule has 1 aliphatic carbocycles. The van der Waals surface area contributed by atoms with Crippen LogP contribution in [0, 0.1) is 5.92 Å². The van der Waals surface area contributed by atoms with Crippen molar-refractivity contribution >= 4 is 23.4 Å². The van der Waals surface area contributed by atoms with Gasteiger partial charge in [0.15, 0.2) is 6.61 Å². The minimum absolute atomic E-state index is 0.0796. The number of nitrogens with one attached hydrogen (secondary N) is 1. The van der Waals surface area contributed by atoms with Crippen molar-refractivity contribution in [2.45, 2.75) is 63.6 Å². The van der Waals surface area contributed by atoms with Crippen molar-refractivity contribution in [2.75, 3.05) is 13.2 Å². The molecule has 2 heterocycles. The molecule has 2 fully saturated rings. The van der Waals surface area contributed by atoms with Gasteiger partial charge in [-0.3, -0.25) is 9.59 Å². The van der Waals surface area contributed by atoms with Gasteiger partial charge in [-0.2, -0.15) is 0 Å². The minimum atomic E-state index is -0.601. The Hall–Kier alpha value is -2.51. The Labute approximate surface area is 199 Å². The number of likely N-dealkylation sites (tertiary alicyclic amines) is 1. The van der Waals surface area contributed by atoms with Crippen LogP contribution in [0.2, 0.25) is 5.02 Å². The van der Waals surface area contributed by atoms with Gasteiger partial charge in [0.1, 0.15) is 11.5 Å². The number of rotatable bonds is 8. The fourth-order valence-electron chi connectivity index (χ4n) is 4.70. The fourth-order valence-corrected chi connectivity index (χ4v) is 4.95. The van der Waals surface area contributed by atoms with Crippen LogP contribution in [0.3, 0.4) is 0 Å². The van der Waals surface area contributed by atoms with Crippen molar-refractivity contribution in [3.8, 4) is 5.75 Å². The molecule has 178 valence electrons. The van der Waals surface area contributed by atoms with E-state index in [1.807, 2.05) is 17.9 Å². The molecule has 0 bridgehead atoms. The van der Waals surface area contributed by atoms with Gasteiger partial charge in [-0.1, -0.05) is 17.7 Å². The molecule has 0 spiro atoms. The van der Waals surface area contributed by atoms with E-state index in [0.29, 0.717) is 29.5 Å². The van der Waals surface area contributed by atoms with E-state index < -0.39 is 5.60 Å². The normalized spacial score (nSPS) is 25.3. The molecule has 1 aromatic heterocycles. The number of amides is 2. The van der Waals surface area contributed by atoms with Crippen LogP contribution in [-0.4, -0.2) is 46.6 Å². The maximum absolute atomic E-state index is 13.0. The number of halogens is 1. The number of hydrogen-bond acceptors (Lipinski definition) is 5. The van der Waals surface area contributed by atoms with Crippen LogP contribution in [0.15, 0.2) is 41.0 Å². The maximum Gasteiger partial charge on any atom is 0.258 e. The van der Waals surface area contributed by atoms with Crippen molar-refractivity contribution in [2.24, 2.45) is 5.92 Å². The van der Waals surface area contributed by atoms with Gasteiger partial charge in [-0.05, 0) is 75.3 Å². The molecule has 8 heteroatoms. The lowest BCUT2D eigenvalue weighted by Gasteiger charge is -2.37. The van der Waals surface area contributed by atoms with Crippen LogP contribution < -0.4 is 10.1 Å². The highest BCUT2D eigenvalue weighted by molar-refractivity contribution is 6.31. The zero-order chi connectivity index (χ0) is 23.4. The third-order valence-corrected chi connectivity index (χ3v) is 7.08. The average Bonchev–Trinajstić information content (AvgIpc) is 3.43. The molecule has 33 heavy (non-hydrogen) atoms. The molecule has 1 atom stereocenters. The zero-order valence-electron chi connectivity index (χ0n) is 18.9. The van der Waals surface area contributed by atoms with E-state index in [4.69, 9.17) is 20.8 Å². The Morgan fingerprint density at radius 2 is 2.09 bits per heavy atom. The molecule has 2 aromatic rings. The number of carbonyl (C=O) groups excluding carboxylic acids is 2. The van der Waals surface area contributed by atoms with Gasteiger partial charge in [-0.15, -0.1) is 0 Å². The lowest BCUT2D eigenvalue weighted by Crippen LogP contribution is -2.43. The standard InChI is InChI=1S/C25H31ClN2O5/c1-25(31)9-6-19(7-10-25)28-11-8-18(24(28)30)13-17-4-5-20(14-22(17)26)33-16-23(29)27-15-21-3-2-12-32-21/h2-5,12,14,18-19,31H,6-11,13,15-16H2,1H3,(H,27,29). The number of ether oxygens (including phenoxy) is 1. The van der Waals surface area contributed by atoms with Crippen molar-refractivity contribution < 1.29 is 23.8 Å². The zero-order valence-corrected chi connectivity index (χ0v) is 19.6. The van der Waals surface area contributed by atoms with Gasteiger partial charge < -0.3 is 24.5 Å². The molecule has 2 aliphatic rings. The number of carbonyl (C=O) groups is 2. The molecule has 1 aromatic carbocycles. The molecule has 7 nitrogen and oxygen atoms in total. The second-order valence-corrected chi connectivity index (χ2v) is 9.75. The summed E-state index contributed by atoms with van der Waals surface area (Å²) >= 11 is 6.47. The highest BCUT2D eigenvalue weighted by atomic mass is 35.5. The smallest absolute Gasteiger partial charge is 0.258 e. The first-order valence-electron chi connectivity index (χ1n) is 11.5. The number of hydrogen-bond donors (Lipinski definition) is 2. The monoisotopic (exact) mass is 474 g/mol. The molecule has 4 rings (SSSR count). The van der Waals surface area contributed by atoms with E-state index >= 15 is 0 Å². The third kappa shape index (κ3) is 6.09. The highest BCUT2D eigenvalue weighted by Gasteiger charge is 2.39. The maximum atomic E-state index is 13.0. The molecule has 1 saturated carbocycles. The van der Waals surface area contributed by atoms with Gasteiger partial charge in [0.25, 0.3) is 5.91 Å². The minimum Gasteiger partial charge on any atom is -0.484 e. The summed E-state index contributed by atoms with van der Waals surface area (Å²) in [6, 6.07) is 9.12. The second-order valence-electron chi connectivity index (χ2n) is 9.35. The van der Waals surface area contributed by atoms with Crippen molar-refractivity contribution in [3.63, 3.8) is 0 Å². The molecular weight excluding hydrogens is 444 g/mol. The van der Waals surface area contributed by atoms with Crippen LogP contribution >= 0.6 is 11.6 Å². The van der Waals surface area contributed by atoms with Gasteiger partial charge in [0.2, 0.25) is 5.91 Å². The SMILES string of the molecule is CC1(O)CCC(N2CCC(Cc3ccc(OCC(=O)NCc4ccco4)cc3Cl)C2=O)CC1. The first kappa shape index (κ1) is 23.6. The quantitative estimate of drug-likeness (QED) is 0.608. The lowest BCUT2D eigenvalue weighted by atomic mass is 9.83. The van der Waals surface area contributed by atoms with Gasteiger partial charge in [0, 0.05) is 23.5 Å². The van der Waals surface area contributed by atoms with E-state index in [9.17, 15) is 14.7 Å². The Kier molecular flexibility index (Phi) is 7.29. The Morgan fingerprint density at radius 3 is 2.79 bits per heavy atom. The third-order valence-electron chi connectivity index (χ3n) is 6.72. The van der Waals surface area contributed by atoms with E-state index in [2.05, 4.69) is 5.32 Å². The summed E-state index contributed by atoms with van der Waals surface area (Å²) in [7, 11) is 0. The molecule has 0 radical (unpaired) electrons. The van der Waals surface area contributed by atoms with E-state index in [1.165, 1.54) is 0 Å². The number of furan rings is 1. The Morgan fingerprint density at radius 1 is 1.30 bits per heavy atom. The first-order chi connectivity index (χ1) is 15.8. The summed E-state index contributed by atoms with van der Waals surface area (Å²) in [4.78, 5) is 27.0. The van der Waals surface area contributed by atoms with E-state index in [0.717, 1.165) is 44.2 Å². The summed E-state index contributed by atoms with van der Waals surface area (Å²) in [5.41, 5.74) is 0.300. The Balaban J connectivity index is 1.26. The predicted octanol–water partition coefficient (Wildman–Crippen LogP) is 3.71. The molecule has 2 N–H and O–H groups in total. The van der Waals surface area contributed by atoms with Gasteiger partial charge in [-0.25, -0.2) is 0 Å². The summed E-state index contributed by atoms with van der Waals surface area (Å²) in [6.07, 6.45) is 6.14. The first-order valence-corrected chi connectivity index (χ1v) is 11.9. The fraction of sp³-hybridized carbons (Fsp3) is 0.520. The number of benzene rings is 1. The molecular formula is C25H31ClN2O5. The molecule has 2 amide bonds. The highest BCUT2D eigenvalue weighted by Crippen LogP contribution is 2.35. The van der Waals surface area contributed by atoms with Crippen molar-refractivity contribution in [1.29, 1.82) is 0 Å². The molecule has 1 unspecified atom stereocenters. The summed E-state index contributed by atoms with van der Waals surface area (Å²) in [5, 5.41) is 13.4. The van der Waals surface area contributed by atoms with Crippen LogP contribution in [0.5, 0.6) is 5.75 Å². The van der Waals surface area contributed by atoms with Crippen LogP contribution in [-0.2, 0) is 22.6 Å². The lowest BCUT2D eigenvalue weighted by molar-refractivity contribution is -0.134. The van der Waals surface area contributed by atoms with Gasteiger partial charge >= 0.3 is 0 Å². The number of nitrogens with zero attached hydrogens (tertiary/aromatic N) is 1. The van der Waals surface area contributed by atoms with E-state index in [1.54, 1.807) is 30.5 Å². The summed E-state index contributed by atoms with van der Waals surface area (Å²) < 4.78 is 10.7. The number of aliphatic hydroxyl groups is 1. The second kappa shape index (κ2) is 10.2. The molecule has 1 saturated heterocycles. The van der Waals surface area contributed by atoms with Crippen LogP contribution in [0.25, 0.3) is 0 Å². The molecule has 1 aliphatic heterocycles. The van der Waals surface area contributed by atoms with Crippen molar-refractivity contribution in [1.82, 2.24) is 10.2 Å². The Bertz CT molecular complexity index is 965. The van der Waals surface area contributed by atoms with Crippen LogP contribution in [0.1, 0.15) is 50.4 Å². The summed E-state index contributed by atoms with van der Waals surface area (Å²) in [6.45, 7) is 2.82. The predicted molar refractivity (Wildman–Crippen MR) is 124 cm³/mol. The topological polar surface area (TPSA) is 92.0 Å². The largest absolute Gasteiger partial charge is 0.484 e. The van der Waals surface area contributed by atoms with Crippen molar-refractivity contribution in [3.05, 3.63) is 52.9 Å². The van der Waals surface area contributed by atoms with Crippen LogP contribution in [0.4, 0.5) is 0 Å². The summed E-state index contributed by atoms with van der Waals surface area (Å²) in [5.74, 6) is 1.03.